The third-order valence-electron chi connectivity index (χ3n) is 2.96. The van der Waals surface area contributed by atoms with E-state index >= 15 is 0 Å². The quantitative estimate of drug-likeness (QED) is 0.613. The maximum atomic E-state index is 10.7. The number of aromatic nitrogens is 3. The summed E-state index contributed by atoms with van der Waals surface area (Å²) in [5.41, 5.74) is 1.83. The number of nitrogens with zero attached hydrogens (tertiary/aromatic N) is 5. The predicted molar refractivity (Wildman–Crippen MR) is 85.5 cm³/mol. The lowest BCUT2D eigenvalue weighted by atomic mass is 10.1. The molecule has 0 radical (unpaired) electrons. The zero-order valence-corrected chi connectivity index (χ0v) is 13.6. The summed E-state index contributed by atoms with van der Waals surface area (Å²) in [6, 6.07) is 6.42. The second-order valence-corrected chi connectivity index (χ2v) is 5.15. The Hall–Kier alpha value is -1.74. The van der Waals surface area contributed by atoms with Gasteiger partial charge < -0.3 is 0 Å². The number of benzene rings is 1. The molecule has 1 aromatic carbocycles. The van der Waals surface area contributed by atoms with E-state index in [1.807, 2.05) is 6.92 Å². The minimum Gasteiger partial charge on any atom is -0.258 e. The highest BCUT2D eigenvalue weighted by Crippen LogP contribution is 2.24. The first-order valence-corrected chi connectivity index (χ1v) is 7.07. The van der Waals surface area contributed by atoms with Crippen molar-refractivity contribution in [3.8, 4) is 0 Å². The van der Waals surface area contributed by atoms with Crippen LogP contribution in [0.4, 0.5) is 5.69 Å². The molecule has 0 fully saturated rings. The van der Waals surface area contributed by atoms with E-state index in [9.17, 15) is 10.1 Å². The topological polar surface area (TPSA) is 86.2 Å². The first kappa shape index (κ1) is 15.6. The number of nitro groups is 1. The van der Waals surface area contributed by atoms with Gasteiger partial charge in [-0.05, 0) is 17.7 Å². The standard InChI is InChI=1S/C12H11N5O2S.BrH/c1-2-11-13-14-12-16(11)15-10(7-20-12)8-3-5-9(6-4-8)17(18)19;/h3-6H,2,7H2,1H3;1H. The zero-order chi connectivity index (χ0) is 14.1. The Morgan fingerprint density at radius 2 is 2.05 bits per heavy atom. The van der Waals surface area contributed by atoms with Crippen LogP contribution in [0.2, 0.25) is 0 Å². The van der Waals surface area contributed by atoms with Crippen molar-refractivity contribution in [3.05, 3.63) is 45.8 Å². The molecule has 0 bridgehead atoms. The van der Waals surface area contributed by atoms with E-state index in [2.05, 4.69) is 15.3 Å². The molecule has 0 atom stereocenters. The molecule has 3 rings (SSSR count). The van der Waals surface area contributed by atoms with Crippen LogP contribution < -0.4 is 0 Å². The Kier molecular flexibility index (Phi) is 4.73. The molecule has 0 unspecified atom stereocenters. The lowest BCUT2D eigenvalue weighted by molar-refractivity contribution is -0.384. The summed E-state index contributed by atoms with van der Waals surface area (Å²) in [5.74, 6) is 1.49. The average Bonchev–Trinajstić information content (AvgIpc) is 2.89. The molecular weight excluding hydrogens is 358 g/mol. The Balaban J connectivity index is 0.00000161. The molecule has 9 heteroatoms. The Morgan fingerprint density at radius 1 is 1.33 bits per heavy atom. The number of hydrogen-bond acceptors (Lipinski definition) is 6. The number of fused-ring (bicyclic) bond motifs is 1. The summed E-state index contributed by atoms with van der Waals surface area (Å²) in [5, 5.41) is 24.1. The number of non-ortho nitro benzene ring substituents is 1. The van der Waals surface area contributed by atoms with Gasteiger partial charge in [0.05, 0.1) is 10.6 Å². The van der Waals surface area contributed by atoms with Crippen LogP contribution in [0.5, 0.6) is 0 Å². The molecule has 0 saturated carbocycles. The molecule has 110 valence electrons. The number of hydrogen-bond donors (Lipinski definition) is 0. The molecular formula is C12H12BrN5O2S. The van der Waals surface area contributed by atoms with E-state index in [0.29, 0.717) is 5.75 Å². The van der Waals surface area contributed by atoms with Crippen molar-refractivity contribution in [1.29, 1.82) is 0 Å². The van der Waals surface area contributed by atoms with Gasteiger partial charge in [-0.25, -0.2) is 0 Å². The summed E-state index contributed by atoms with van der Waals surface area (Å²) in [4.78, 5) is 10.2. The molecule has 0 saturated heterocycles. The van der Waals surface area contributed by atoms with Crippen molar-refractivity contribution < 1.29 is 4.92 Å². The molecule has 0 N–H and O–H groups in total. The average molecular weight is 370 g/mol. The van der Waals surface area contributed by atoms with Crippen LogP contribution in [0.15, 0.2) is 34.5 Å². The number of rotatable bonds is 3. The van der Waals surface area contributed by atoms with E-state index in [-0.39, 0.29) is 22.7 Å². The third kappa shape index (κ3) is 2.98. The summed E-state index contributed by atoms with van der Waals surface area (Å²) < 4.78 is 1.74. The molecule has 21 heavy (non-hydrogen) atoms. The number of thioether (sulfide) groups is 1. The molecule has 0 amide bonds. The monoisotopic (exact) mass is 369 g/mol. The highest BCUT2D eigenvalue weighted by Gasteiger charge is 2.19. The summed E-state index contributed by atoms with van der Waals surface area (Å²) in [6.45, 7) is 2.00. The molecule has 0 spiro atoms. The van der Waals surface area contributed by atoms with E-state index < -0.39 is 4.92 Å². The maximum absolute atomic E-state index is 10.7. The fourth-order valence-electron chi connectivity index (χ4n) is 1.91. The van der Waals surface area contributed by atoms with Gasteiger partial charge in [0.1, 0.15) is 0 Å². The maximum Gasteiger partial charge on any atom is 0.269 e. The summed E-state index contributed by atoms with van der Waals surface area (Å²) in [6.07, 6.45) is 0.755. The largest absolute Gasteiger partial charge is 0.269 e. The Morgan fingerprint density at radius 3 is 2.67 bits per heavy atom. The summed E-state index contributed by atoms with van der Waals surface area (Å²) >= 11 is 1.56. The Labute approximate surface area is 135 Å². The molecule has 0 aliphatic carbocycles. The highest BCUT2D eigenvalue weighted by molar-refractivity contribution is 8.93. The zero-order valence-electron chi connectivity index (χ0n) is 11.1. The normalized spacial score (nSPS) is 13.1. The van der Waals surface area contributed by atoms with Gasteiger partial charge in [0.2, 0.25) is 5.16 Å². The minimum atomic E-state index is -0.408. The number of nitro benzene ring substituents is 1. The van der Waals surface area contributed by atoms with Gasteiger partial charge in [0.25, 0.3) is 5.69 Å². The van der Waals surface area contributed by atoms with Crippen molar-refractivity contribution in [3.63, 3.8) is 0 Å². The van der Waals surface area contributed by atoms with Gasteiger partial charge in [-0.15, -0.1) is 27.2 Å². The molecule has 7 nitrogen and oxygen atoms in total. The van der Waals surface area contributed by atoms with Crippen LogP contribution in [0.3, 0.4) is 0 Å². The number of aryl methyl sites for hydroxylation is 1. The van der Waals surface area contributed by atoms with Crippen molar-refractivity contribution >= 4 is 40.1 Å². The second kappa shape index (κ2) is 6.35. The van der Waals surface area contributed by atoms with Crippen molar-refractivity contribution in [2.24, 2.45) is 5.10 Å². The van der Waals surface area contributed by atoms with Crippen molar-refractivity contribution in [2.45, 2.75) is 18.5 Å². The van der Waals surface area contributed by atoms with Gasteiger partial charge >= 0.3 is 0 Å². The lowest BCUT2D eigenvalue weighted by Gasteiger charge is -2.13. The fourth-order valence-corrected chi connectivity index (χ4v) is 2.76. The fraction of sp³-hybridized carbons (Fsp3) is 0.250. The van der Waals surface area contributed by atoms with Gasteiger partial charge in [0.15, 0.2) is 5.82 Å². The highest BCUT2D eigenvalue weighted by atomic mass is 79.9. The van der Waals surface area contributed by atoms with Crippen LogP contribution in [0.25, 0.3) is 0 Å². The molecule has 1 aromatic heterocycles. The van der Waals surface area contributed by atoms with Crippen LogP contribution in [0.1, 0.15) is 18.3 Å². The second-order valence-electron chi connectivity index (χ2n) is 4.20. The first-order chi connectivity index (χ1) is 9.69. The molecule has 1 aliphatic rings. The van der Waals surface area contributed by atoms with Gasteiger partial charge in [-0.1, -0.05) is 18.7 Å². The molecule has 2 aromatic rings. The van der Waals surface area contributed by atoms with Gasteiger partial charge in [-0.2, -0.15) is 9.78 Å². The van der Waals surface area contributed by atoms with Crippen LogP contribution >= 0.6 is 28.7 Å². The van der Waals surface area contributed by atoms with Crippen LogP contribution in [-0.2, 0) is 6.42 Å². The molecule has 2 heterocycles. The summed E-state index contributed by atoms with van der Waals surface area (Å²) in [7, 11) is 0. The SMILES string of the molecule is Br.CCc1nnc2n1N=C(c1ccc([N+](=O)[O-])cc1)CS2. The lowest BCUT2D eigenvalue weighted by Crippen LogP contribution is -2.14. The third-order valence-corrected chi connectivity index (χ3v) is 3.89. The van der Waals surface area contributed by atoms with Gasteiger partial charge in [0, 0.05) is 24.3 Å². The van der Waals surface area contributed by atoms with Crippen LogP contribution in [0, 0.1) is 10.1 Å². The first-order valence-electron chi connectivity index (χ1n) is 6.09. The van der Waals surface area contributed by atoms with E-state index in [1.165, 1.54) is 12.1 Å². The molecule has 1 aliphatic heterocycles. The minimum absolute atomic E-state index is 0. The van der Waals surface area contributed by atoms with E-state index in [4.69, 9.17) is 0 Å². The Bertz CT molecular complexity index is 698. The van der Waals surface area contributed by atoms with E-state index in [1.54, 1.807) is 28.6 Å². The predicted octanol–water partition coefficient (Wildman–Crippen LogP) is 2.68. The van der Waals surface area contributed by atoms with E-state index in [0.717, 1.165) is 28.7 Å². The van der Waals surface area contributed by atoms with Crippen LogP contribution in [-0.4, -0.2) is 31.3 Å². The number of halogens is 1. The smallest absolute Gasteiger partial charge is 0.258 e. The van der Waals surface area contributed by atoms with Crippen molar-refractivity contribution in [1.82, 2.24) is 14.9 Å². The van der Waals surface area contributed by atoms with Gasteiger partial charge in [-0.3, -0.25) is 10.1 Å². The van der Waals surface area contributed by atoms with Crippen molar-refractivity contribution in [2.75, 3.05) is 5.75 Å².